The predicted octanol–water partition coefficient (Wildman–Crippen LogP) is 1.28. The molecule has 0 bridgehead atoms. The van der Waals surface area contributed by atoms with Gasteiger partial charge in [0.05, 0.1) is 12.6 Å². The fraction of sp³-hybridized carbons (Fsp3) is 0.571. The van der Waals surface area contributed by atoms with Crippen LogP contribution in [-0.4, -0.2) is 54.7 Å². The molecule has 1 N–H and O–H groups in total. The van der Waals surface area contributed by atoms with Gasteiger partial charge in [-0.05, 0) is 19.5 Å². The number of nitrogens with zero attached hydrogens (tertiary/aromatic N) is 2. The van der Waals surface area contributed by atoms with Crippen molar-refractivity contribution in [1.29, 1.82) is 0 Å². The Balaban J connectivity index is 2.10. The topological polar surface area (TPSA) is 26.7 Å². The highest BCUT2D eigenvalue weighted by Crippen LogP contribution is 2.22. The van der Waals surface area contributed by atoms with E-state index >= 15 is 0 Å². The molecule has 0 saturated carbocycles. The van der Waals surface area contributed by atoms with Gasteiger partial charge in [-0.25, -0.2) is 0 Å². The van der Waals surface area contributed by atoms with E-state index < -0.39 is 0 Å². The normalized spacial score (nSPS) is 20.4. The first-order chi connectivity index (χ1) is 8.20. The number of aliphatic hydroxyl groups excluding tert-OH is 1. The molecule has 0 spiro atoms. The van der Waals surface area contributed by atoms with Crippen LogP contribution >= 0.6 is 0 Å². The Kier molecular flexibility index (Phi) is 4.15. The molecule has 1 aliphatic rings. The Morgan fingerprint density at radius 3 is 2.53 bits per heavy atom. The Hall–Kier alpha value is -0.900. The molecule has 1 aromatic rings. The van der Waals surface area contributed by atoms with Crippen LogP contribution in [-0.2, 0) is 0 Å². The van der Waals surface area contributed by atoms with Crippen LogP contribution in [0.15, 0.2) is 24.3 Å². The molecule has 0 amide bonds. The van der Waals surface area contributed by atoms with Gasteiger partial charge in [0.2, 0.25) is 0 Å². The molecule has 1 aromatic carbocycles. The zero-order valence-electron chi connectivity index (χ0n) is 10.8. The number of aryl methyl sites for hydroxylation is 1. The molecule has 2 rings (SSSR count). The molecule has 3 heteroatoms. The lowest BCUT2D eigenvalue weighted by atomic mass is 10.0. The highest BCUT2D eigenvalue weighted by Gasteiger charge is 2.23. The van der Waals surface area contributed by atoms with Crippen molar-refractivity contribution in [2.75, 3.05) is 39.8 Å². The average Bonchev–Trinajstić information content (AvgIpc) is 2.33. The summed E-state index contributed by atoms with van der Waals surface area (Å²) in [6.07, 6.45) is 0. The van der Waals surface area contributed by atoms with Gasteiger partial charge in [-0.1, -0.05) is 29.8 Å². The maximum atomic E-state index is 9.63. The highest BCUT2D eigenvalue weighted by atomic mass is 16.3. The molecular formula is C14H22N2O. The minimum atomic E-state index is 0.156. The Bertz CT molecular complexity index is 359. The van der Waals surface area contributed by atoms with Gasteiger partial charge in [0.25, 0.3) is 0 Å². The van der Waals surface area contributed by atoms with Crippen LogP contribution in [0.25, 0.3) is 0 Å². The summed E-state index contributed by atoms with van der Waals surface area (Å²) in [4.78, 5) is 4.72. The first-order valence-corrected chi connectivity index (χ1v) is 6.30. The van der Waals surface area contributed by atoms with Crippen LogP contribution < -0.4 is 0 Å². The second-order valence-electron chi connectivity index (χ2n) is 4.95. The minimum Gasteiger partial charge on any atom is -0.394 e. The van der Waals surface area contributed by atoms with Crippen molar-refractivity contribution in [2.45, 2.75) is 13.0 Å². The number of hydrogen-bond acceptors (Lipinski definition) is 3. The van der Waals surface area contributed by atoms with Gasteiger partial charge in [0.15, 0.2) is 0 Å². The maximum absolute atomic E-state index is 9.63. The maximum Gasteiger partial charge on any atom is 0.0628 e. The van der Waals surface area contributed by atoms with E-state index in [0.717, 1.165) is 26.2 Å². The lowest BCUT2D eigenvalue weighted by molar-refractivity contribution is 0.0748. The zero-order valence-corrected chi connectivity index (χ0v) is 10.8. The molecular weight excluding hydrogens is 212 g/mol. The third kappa shape index (κ3) is 3.06. The Morgan fingerprint density at radius 1 is 1.24 bits per heavy atom. The molecule has 0 aromatic heterocycles. The monoisotopic (exact) mass is 234 g/mol. The summed E-state index contributed by atoms with van der Waals surface area (Å²) in [7, 11) is 2.15. The summed E-state index contributed by atoms with van der Waals surface area (Å²) >= 11 is 0. The summed E-state index contributed by atoms with van der Waals surface area (Å²) in [5, 5.41) is 9.63. The SMILES string of the molecule is Cc1cccc(C(CO)N2CCN(C)CC2)c1. The molecule has 1 unspecified atom stereocenters. The van der Waals surface area contributed by atoms with Crippen molar-refractivity contribution in [1.82, 2.24) is 9.80 Å². The van der Waals surface area contributed by atoms with Crippen LogP contribution in [0.2, 0.25) is 0 Å². The second-order valence-corrected chi connectivity index (χ2v) is 4.95. The standard InChI is InChI=1S/C14H22N2O/c1-12-4-3-5-13(10-12)14(11-17)16-8-6-15(2)7-9-16/h3-5,10,14,17H,6-9,11H2,1-2H3. The largest absolute Gasteiger partial charge is 0.394 e. The Labute approximate surface area is 104 Å². The number of likely N-dealkylation sites (N-methyl/N-ethyl adjacent to an activating group) is 1. The number of benzene rings is 1. The van der Waals surface area contributed by atoms with Crippen LogP contribution in [0.5, 0.6) is 0 Å². The van der Waals surface area contributed by atoms with E-state index in [0.29, 0.717) is 0 Å². The lowest BCUT2D eigenvalue weighted by Gasteiger charge is -2.37. The van der Waals surface area contributed by atoms with Gasteiger partial charge in [-0.3, -0.25) is 4.90 Å². The molecule has 1 saturated heterocycles. The molecule has 94 valence electrons. The van der Waals surface area contributed by atoms with Crippen molar-refractivity contribution in [3.63, 3.8) is 0 Å². The van der Waals surface area contributed by atoms with E-state index in [1.165, 1.54) is 11.1 Å². The van der Waals surface area contributed by atoms with Crippen LogP contribution in [0.3, 0.4) is 0 Å². The Morgan fingerprint density at radius 2 is 1.94 bits per heavy atom. The first kappa shape index (κ1) is 12.6. The molecule has 1 fully saturated rings. The van der Waals surface area contributed by atoms with Crippen LogP contribution in [0.1, 0.15) is 17.2 Å². The third-order valence-corrected chi connectivity index (χ3v) is 3.58. The quantitative estimate of drug-likeness (QED) is 0.853. The fourth-order valence-corrected chi connectivity index (χ4v) is 2.44. The fourth-order valence-electron chi connectivity index (χ4n) is 2.44. The van der Waals surface area contributed by atoms with Gasteiger partial charge in [0, 0.05) is 26.2 Å². The van der Waals surface area contributed by atoms with Crippen molar-refractivity contribution in [3.8, 4) is 0 Å². The van der Waals surface area contributed by atoms with Crippen molar-refractivity contribution >= 4 is 0 Å². The van der Waals surface area contributed by atoms with Crippen molar-refractivity contribution in [3.05, 3.63) is 35.4 Å². The predicted molar refractivity (Wildman–Crippen MR) is 70.1 cm³/mol. The third-order valence-electron chi connectivity index (χ3n) is 3.58. The molecule has 3 nitrogen and oxygen atoms in total. The van der Waals surface area contributed by atoms with Gasteiger partial charge in [0.1, 0.15) is 0 Å². The summed E-state index contributed by atoms with van der Waals surface area (Å²) in [6, 6.07) is 8.63. The molecule has 0 aliphatic carbocycles. The highest BCUT2D eigenvalue weighted by molar-refractivity contribution is 5.25. The summed E-state index contributed by atoms with van der Waals surface area (Å²) in [6.45, 7) is 6.55. The van der Waals surface area contributed by atoms with E-state index in [1.807, 2.05) is 0 Å². The van der Waals surface area contributed by atoms with E-state index in [9.17, 15) is 5.11 Å². The molecule has 1 aliphatic heterocycles. The van der Waals surface area contributed by atoms with Gasteiger partial charge in [-0.2, -0.15) is 0 Å². The van der Waals surface area contributed by atoms with E-state index in [2.05, 4.69) is 48.0 Å². The molecule has 17 heavy (non-hydrogen) atoms. The van der Waals surface area contributed by atoms with Gasteiger partial charge in [-0.15, -0.1) is 0 Å². The second kappa shape index (κ2) is 5.63. The number of aliphatic hydroxyl groups is 1. The minimum absolute atomic E-state index is 0.156. The van der Waals surface area contributed by atoms with Crippen LogP contribution in [0, 0.1) is 6.92 Å². The van der Waals surface area contributed by atoms with E-state index in [-0.39, 0.29) is 12.6 Å². The molecule has 1 heterocycles. The van der Waals surface area contributed by atoms with E-state index in [1.54, 1.807) is 0 Å². The van der Waals surface area contributed by atoms with Crippen LogP contribution in [0.4, 0.5) is 0 Å². The van der Waals surface area contributed by atoms with Crippen molar-refractivity contribution in [2.24, 2.45) is 0 Å². The summed E-state index contributed by atoms with van der Waals surface area (Å²) < 4.78 is 0. The first-order valence-electron chi connectivity index (χ1n) is 6.30. The summed E-state index contributed by atoms with van der Waals surface area (Å²) in [5.74, 6) is 0. The van der Waals surface area contributed by atoms with Gasteiger partial charge < -0.3 is 10.0 Å². The molecule has 1 atom stereocenters. The zero-order chi connectivity index (χ0) is 12.3. The van der Waals surface area contributed by atoms with Crippen molar-refractivity contribution < 1.29 is 5.11 Å². The summed E-state index contributed by atoms with van der Waals surface area (Å²) in [5.41, 5.74) is 2.49. The number of hydrogen-bond donors (Lipinski definition) is 1. The van der Waals surface area contributed by atoms with Gasteiger partial charge >= 0.3 is 0 Å². The number of rotatable bonds is 3. The smallest absolute Gasteiger partial charge is 0.0628 e. The lowest BCUT2D eigenvalue weighted by Crippen LogP contribution is -2.46. The molecule has 0 radical (unpaired) electrons. The number of piperazine rings is 1. The van der Waals surface area contributed by atoms with E-state index in [4.69, 9.17) is 0 Å². The average molecular weight is 234 g/mol.